The normalized spacial score (nSPS) is 24.2. The number of nitrogens with zero attached hydrogens (tertiary/aromatic N) is 4. The minimum atomic E-state index is -0.286. The third-order valence-corrected chi connectivity index (χ3v) is 4.73. The molecule has 2 amide bonds. The molecule has 0 radical (unpaired) electrons. The molecular formula is C16H19N5O3. The molecule has 126 valence electrons. The summed E-state index contributed by atoms with van der Waals surface area (Å²) >= 11 is 0. The van der Waals surface area contributed by atoms with Crippen molar-refractivity contribution in [2.24, 2.45) is 7.05 Å². The van der Waals surface area contributed by atoms with Crippen LogP contribution in [0.15, 0.2) is 29.1 Å². The van der Waals surface area contributed by atoms with E-state index >= 15 is 0 Å². The van der Waals surface area contributed by atoms with Gasteiger partial charge in [-0.05, 0) is 25.3 Å². The van der Waals surface area contributed by atoms with Crippen LogP contribution in [0.3, 0.4) is 0 Å². The van der Waals surface area contributed by atoms with Gasteiger partial charge in [0.05, 0.1) is 17.8 Å². The number of nitrogens with one attached hydrogen (secondary N) is 1. The van der Waals surface area contributed by atoms with Gasteiger partial charge in [0.25, 0.3) is 5.91 Å². The number of likely N-dealkylation sites (tertiary alicyclic amines) is 1. The van der Waals surface area contributed by atoms with Crippen LogP contribution in [0.5, 0.6) is 0 Å². The SMILES string of the molecule is Cn1nccc1[C@H]1[C@H](NC(=O)c2ccon2)CCC(=O)N1C1CC1. The zero-order valence-corrected chi connectivity index (χ0v) is 13.4. The summed E-state index contributed by atoms with van der Waals surface area (Å²) in [5.41, 5.74) is 1.18. The Morgan fingerprint density at radius 3 is 2.79 bits per heavy atom. The smallest absolute Gasteiger partial charge is 0.273 e. The molecule has 2 fully saturated rings. The molecule has 0 unspecified atom stereocenters. The van der Waals surface area contributed by atoms with E-state index in [9.17, 15) is 9.59 Å². The minimum absolute atomic E-state index is 0.149. The zero-order valence-electron chi connectivity index (χ0n) is 13.4. The number of amides is 2. The first kappa shape index (κ1) is 14.9. The molecule has 2 atom stereocenters. The highest BCUT2D eigenvalue weighted by Crippen LogP contribution is 2.40. The van der Waals surface area contributed by atoms with E-state index in [0.29, 0.717) is 12.8 Å². The summed E-state index contributed by atoms with van der Waals surface area (Å²) in [7, 11) is 1.86. The van der Waals surface area contributed by atoms with E-state index in [1.165, 1.54) is 12.3 Å². The average molecular weight is 329 g/mol. The van der Waals surface area contributed by atoms with Crippen molar-refractivity contribution in [3.05, 3.63) is 36.0 Å². The van der Waals surface area contributed by atoms with Crippen LogP contribution in [0.1, 0.15) is 47.9 Å². The van der Waals surface area contributed by atoms with Gasteiger partial charge in [0, 0.05) is 31.8 Å². The van der Waals surface area contributed by atoms with Crippen LogP contribution in [0.2, 0.25) is 0 Å². The van der Waals surface area contributed by atoms with Crippen molar-refractivity contribution < 1.29 is 14.1 Å². The van der Waals surface area contributed by atoms with Crippen LogP contribution in [-0.2, 0) is 11.8 Å². The van der Waals surface area contributed by atoms with E-state index in [4.69, 9.17) is 4.52 Å². The largest absolute Gasteiger partial charge is 0.364 e. The molecule has 1 aliphatic heterocycles. The molecule has 3 heterocycles. The van der Waals surface area contributed by atoms with E-state index in [1.54, 1.807) is 10.9 Å². The van der Waals surface area contributed by atoms with Gasteiger partial charge in [-0.15, -0.1) is 0 Å². The van der Waals surface area contributed by atoms with E-state index in [0.717, 1.165) is 18.5 Å². The highest BCUT2D eigenvalue weighted by atomic mass is 16.5. The number of hydrogen-bond acceptors (Lipinski definition) is 5. The van der Waals surface area contributed by atoms with Crippen molar-refractivity contribution in [2.45, 2.75) is 43.8 Å². The molecule has 2 aromatic rings. The van der Waals surface area contributed by atoms with Gasteiger partial charge < -0.3 is 14.7 Å². The second-order valence-corrected chi connectivity index (χ2v) is 6.36. The van der Waals surface area contributed by atoms with Crippen LogP contribution >= 0.6 is 0 Å². The van der Waals surface area contributed by atoms with E-state index in [1.807, 2.05) is 18.0 Å². The molecule has 24 heavy (non-hydrogen) atoms. The van der Waals surface area contributed by atoms with Crippen molar-refractivity contribution in [3.8, 4) is 0 Å². The first-order chi connectivity index (χ1) is 11.6. The fourth-order valence-electron chi connectivity index (χ4n) is 3.44. The van der Waals surface area contributed by atoms with E-state index in [-0.39, 0.29) is 35.6 Å². The van der Waals surface area contributed by atoms with Crippen LogP contribution in [-0.4, -0.2) is 43.7 Å². The molecule has 0 spiro atoms. The monoisotopic (exact) mass is 329 g/mol. The fraction of sp³-hybridized carbons (Fsp3) is 0.500. The van der Waals surface area contributed by atoms with Gasteiger partial charge >= 0.3 is 0 Å². The highest BCUT2D eigenvalue weighted by molar-refractivity contribution is 5.92. The first-order valence-electron chi connectivity index (χ1n) is 8.15. The van der Waals surface area contributed by atoms with Crippen molar-refractivity contribution in [1.82, 2.24) is 25.2 Å². The maximum atomic E-state index is 12.5. The third kappa shape index (κ3) is 2.57. The second kappa shape index (κ2) is 5.77. The Bertz CT molecular complexity index is 750. The number of aromatic nitrogens is 3. The van der Waals surface area contributed by atoms with Crippen LogP contribution in [0.25, 0.3) is 0 Å². The van der Waals surface area contributed by atoms with Crippen molar-refractivity contribution in [2.75, 3.05) is 0 Å². The fourth-order valence-corrected chi connectivity index (χ4v) is 3.44. The van der Waals surface area contributed by atoms with Crippen molar-refractivity contribution in [3.63, 3.8) is 0 Å². The Balaban J connectivity index is 1.64. The Kier molecular flexibility index (Phi) is 3.59. The Morgan fingerprint density at radius 2 is 2.17 bits per heavy atom. The quantitative estimate of drug-likeness (QED) is 0.904. The molecule has 4 rings (SSSR count). The number of carbonyl (C=O) groups is 2. The molecule has 2 aliphatic rings. The average Bonchev–Trinajstić information content (AvgIpc) is 3.07. The zero-order chi connectivity index (χ0) is 16.7. The van der Waals surface area contributed by atoms with E-state index in [2.05, 4.69) is 15.6 Å². The first-order valence-corrected chi connectivity index (χ1v) is 8.15. The summed E-state index contributed by atoms with van der Waals surface area (Å²) in [5, 5.41) is 10.9. The van der Waals surface area contributed by atoms with Gasteiger partial charge in [0.2, 0.25) is 5.91 Å². The number of carbonyl (C=O) groups excluding carboxylic acids is 2. The molecule has 1 N–H and O–H groups in total. The number of piperidine rings is 1. The standard InChI is InChI=1S/C16H19N5O3/c1-20-13(6-8-17-20)15-11(18-16(23)12-7-9-24-19-12)4-5-14(22)21(15)10-2-3-10/h6-11,15H,2-5H2,1H3,(H,18,23)/t11-,15-/m1/s1. The topological polar surface area (TPSA) is 93.3 Å². The van der Waals surface area contributed by atoms with Gasteiger partial charge in [-0.1, -0.05) is 5.16 Å². The molecular weight excluding hydrogens is 310 g/mol. The van der Waals surface area contributed by atoms with Crippen molar-refractivity contribution >= 4 is 11.8 Å². The summed E-state index contributed by atoms with van der Waals surface area (Å²) in [6, 6.07) is 3.32. The molecule has 2 aromatic heterocycles. The van der Waals surface area contributed by atoms with Crippen LogP contribution in [0, 0.1) is 0 Å². The Labute approximate surface area is 138 Å². The predicted molar refractivity (Wildman–Crippen MR) is 82.8 cm³/mol. The summed E-state index contributed by atoms with van der Waals surface area (Å²) in [5.74, 6) is -0.137. The summed E-state index contributed by atoms with van der Waals surface area (Å²) < 4.78 is 6.51. The lowest BCUT2D eigenvalue weighted by atomic mass is 9.92. The van der Waals surface area contributed by atoms with E-state index < -0.39 is 0 Å². The Morgan fingerprint density at radius 1 is 1.33 bits per heavy atom. The van der Waals surface area contributed by atoms with Crippen LogP contribution < -0.4 is 5.32 Å². The summed E-state index contributed by atoms with van der Waals surface area (Å²) in [6.45, 7) is 0. The van der Waals surface area contributed by atoms with Crippen LogP contribution in [0.4, 0.5) is 0 Å². The lowest BCUT2D eigenvalue weighted by Gasteiger charge is -2.41. The van der Waals surface area contributed by atoms with Gasteiger partial charge in [0.15, 0.2) is 5.69 Å². The van der Waals surface area contributed by atoms with Gasteiger partial charge in [-0.25, -0.2) is 0 Å². The maximum absolute atomic E-state index is 12.5. The molecule has 0 bridgehead atoms. The number of rotatable bonds is 4. The molecule has 8 nitrogen and oxygen atoms in total. The lowest BCUT2D eigenvalue weighted by molar-refractivity contribution is -0.138. The van der Waals surface area contributed by atoms with Gasteiger partial charge in [-0.3, -0.25) is 14.3 Å². The lowest BCUT2D eigenvalue weighted by Crippen LogP contribution is -2.53. The maximum Gasteiger partial charge on any atom is 0.273 e. The predicted octanol–water partition coefficient (Wildman–Crippen LogP) is 1.03. The second-order valence-electron chi connectivity index (χ2n) is 6.36. The molecule has 1 aliphatic carbocycles. The summed E-state index contributed by atoms with van der Waals surface area (Å²) in [4.78, 5) is 26.8. The van der Waals surface area contributed by atoms with Crippen molar-refractivity contribution in [1.29, 1.82) is 0 Å². The summed E-state index contributed by atoms with van der Waals surface area (Å²) in [6.07, 6.45) is 6.16. The third-order valence-electron chi connectivity index (χ3n) is 4.73. The molecule has 0 aromatic carbocycles. The molecule has 1 saturated carbocycles. The molecule has 8 heteroatoms. The van der Waals surface area contributed by atoms with Gasteiger partial charge in [-0.2, -0.15) is 5.10 Å². The highest BCUT2D eigenvalue weighted by Gasteiger charge is 2.45. The molecule has 1 saturated heterocycles. The number of hydrogen-bond donors (Lipinski definition) is 1. The van der Waals surface area contributed by atoms with Gasteiger partial charge in [0.1, 0.15) is 6.26 Å². The Hall–Kier alpha value is -2.64. The minimum Gasteiger partial charge on any atom is -0.364 e. The number of aryl methyl sites for hydroxylation is 1.